The maximum Gasteiger partial charge on any atom is 0.306 e. The van der Waals surface area contributed by atoms with Gasteiger partial charge in [0.2, 0.25) is 0 Å². The number of hydrogen-bond acceptors (Lipinski definition) is 4. The van der Waals surface area contributed by atoms with Crippen molar-refractivity contribution in [1.82, 2.24) is 0 Å². The number of Topliss-reactive ketones (excluding diaryl/α,β-unsaturated/α-hetero) is 1. The van der Waals surface area contributed by atoms with Crippen LogP contribution in [0.2, 0.25) is 0 Å². The molecule has 0 fully saturated rings. The van der Waals surface area contributed by atoms with Crippen molar-refractivity contribution in [3.8, 4) is 5.75 Å². The summed E-state index contributed by atoms with van der Waals surface area (Å²) in [5, 5.41) is 0. The molecule has 18 heavy (non-hydrogen) atoms. The SMILES string of the molecule is CCOC(=O)CCC(=O)c1c(F)cccc1OC. The molecule has 5 heteroatoms. The highest BCUT2D eigenvalue weighted by Gasteiger charge is 2.18. The number of ether oxygens (including phenoxy) is 2. The predicted octanol–water partition coefficient (Wildman–Crippen LogP) is 2.36. The summed E-state index contributed by atoms with van der Waals surface area (Å²) in [7, 11) is 1.36. The van der Waals surface area contributed by atoms with Gasteiger partial charge in [0.1, 0.15) is 11.6 Å². The van der Waals surface area contributed by atoms with Crippen LogP contribution in [0.1, 0.15) is 30.1 Å². The van der Waals surface area contributed by atoms with Crippen LogP contribution in [0, 0.1) is 5.82 Å². The molecular formula is C13H15FO4. The summed E-state index contributed by atoms with van der Waals surface area (Å²) in [4.78, 5) is 22.9. The van der Waals surface area contributed by atoms with Crippen molar-refractivity contribution in [2.24, 2.45) is 0 Å². The normalized spacial score (nSPS) is 9.94. The number of esters is 1. The Labute approximate surface area is 105 Å². The van der Waals surface area contributed by atoms with Gasteiger partial charge in [-0.2, -0.15) is 0 Å². The van der Waals surface area contributed by atoms with Crippen LogP contribution < -0.4 is 4.74 Å². The highest BCUT2D eigenvalue weighted by molar-refractivity contribution is 6.00. The Hall–Kier alpha value is -1.91. The molecule has 0 radical (unpaired) electrons. The van der Waals surface area contributed by atoms with E-state index in [1.807, 2.05) is 0 Å². The van der Waals surface area contributed by atoms with Crippen LogP contribution in [0.4, 0.5) is 4.39 Å². The molecule has 0 unspecified atom stereocenters. The second-order valence-electron chi connectivity index (χ2n) is 3.55. The molecule has 0 heterocycles. The van der Waals surface area contributed by atoms with E-state index in [-0.39, 0.29) is 30.8 Å². The van der Waals surface area contributed by atoms with Gasteiger partial charge in [0.15, 0.2) is 5.78 Å². The molecule has 0 N–H and O–H groups in total. The van der Waals surface area contributed by atoms with Crippen molar-refractivity contribution in [3.63, 3.8) is 0 Å². The molecule has 4 nitrogen and oxygen atoms in total. The Morgan fingerprint density at radius 3 is 2.61 bits per heavy atom. The lowest BCUT2D eigenvalue weighted by Crippen LogP contribution is -2.10. The second-order valence-corrected chi connectivity index (χ2v) is 3.55. The fourth-order valence-electron chi connectivity index (χ4n) is 1.52. The maximum atomic E-state index is 13.5. The third kappa shape index (κ3) is 3.55. The van der Waals surface area contributed by atoms with Crippen LogP contribution in [0.25, 0.3) is 0 Å². The summed E-state index contributed by atoms with van der Waals surface area (Å²) in [6.07, 6.45) is -0.166. The van der Waals surface area contributed by atoms with Gasteiger partial charge in [0.25, 0.3) is 0 Å². The van der Waals surface area contributed by atoms with Gasteiger partial charge in [-0.15, -0.1) is 0 Å². The highest BCUT2D eigenvalue weighted by atomic mass is 19.1. The second kappa shape index (κ2) is 6.74. The number of ketones is 1. The molecular weight excluding hydrogens is 239 g/mol. The van der Waals surface area contributed by atoms with E-state index in [2.05, 4.69) is 0 Å². The number of methoxy groups -OCH3 is 1. The van der Waals surface area contributed by atoms with Crippen LogP contribution in [0.3, 0.4) is 0 Å². The zero-order chi connectivity index (χ0) is 13.5. The molecule has 0 aliphatic carbocycles. The summed E-state index contributed by atoms with van der Waals surface area (Å²) in [5.41, 5.74) is -0.121. The summed E-state index contributed by atoms with van der Waals surface area (Å²) >= 11 is 0. The standard InChI is InChI=1S/C13H15FO4/c1-3-18-12(16)8-7-10(15)13-9(14)5-4-6-11(13)17-2/h4-6H,3,7-8H2,1-2H3. The van der Waals surface area contributed by atoms with Crippen molar-refractivity contribution >= 4 is 11.8 Å². The third-order valence-electron chi connectivity index (χ3n) is 2.34. The smallest absolute Gasteiger partial charge is 0.306 e. The molecule has 0 spiro atoms. The van der Waals surface area contributed by atoms with Crippen LogP contribution in [0.5, 0.6) is 5.75 Å². The van der Waals surface area contributed by atoms with Crippen LogP contribution in [0.15, 0.2) is 18.2 Å². The number of benzene rings is 1. The lowest BCUT2D eigenvalue weighted by atomic mass is 10.0. The lowest BCUT2D eigenvalue weighted by Gasteiger charge is -2.08. The molecule has 0 bridgehead atoms. The molecule has 0 amide bonds. The van der Waals surface area contributed by atoms with Crippen molar-refractivity contribution in [2.75, 3.05) is 13.7 Å². The summed E-state index contributed by atoms with van der Waals surface area (Å²) in [5.74, 6) is -1.42. The molecule has 0 aliphatic rings. The van der Waals surface area contributed by atoms with E-state index in [0.29, 0.717) is 0 Å². The van der Waals surface area contributed by atoms with E-state index < -0.39 is 17.6 Å². The van der Waals surface area contributed by atoms with E-state index >= 15 is 0 Å². The van der Waals surface area contributed by atoms with E-state index in [0.717, 1.165) is 0 Å². The molecule has 0 aromatic heterocycles. The quantitative estimate of drug-likeness (QED) is 0.577. The minimum absolute atomic E-state index is 0.0653. The largest absolute Gasteiger partial charge is 0.496 e. The Morgan fingerprint density at radius 2 is 2.00 bits per heavy atom. The summed E-state index contributed by atoms with van der Waals surface area (Å²) < 4.78 is 23.2. The Kier molecular flexibility index (Phi) is 5.30. The Bertz CT molecular complexity index is 443. The first-order valence-corrected chi connectivity index (χ1v) is 5.61. The van der Waals surface area contributed by atoms with Gasteiger partial charge in [-0.25, -0.2) is 4.39 Å². The average molecular weight is 254 g/mol. The Morgan fingerprint density at radius 1 is 1.28 bits per heavy atom. The fraction of sp³-hybridized carbons (Fsp3) is 0.385. The van der Waals surface area contributed by atoms with Crippen molar-refractivity contribution in [1.29, 1.82) is 0 Å². The van der Waals surface area contributed by atoms with Crippen LogP contribution >= 0.6 is 0 Å². The van der Waals surface area contributed by atoms with E-state index in [1.54, 1.807) is 6.92 Å². The van der Waals surface area contributed by atoms with E-state index in [9.17, 15) is 14.0 Å². The monoisotopic (exact) mass is 254 g/mol. The topological polar surface area (TPSA) is 52.6 Å². The van der Waals surface area contributed by atoms with E-state index in [1.165, 1.54) is 25.3 Å². The average Bonchev–Trinajstić information content (AvgIpc) is 2.36. The molecule has 0 saturated carbocycles. The van der Waals surface area contributed by atoms with Gasteiger partial charge < -0.3 is 9.47 Å². The first-order chi connectivity index (χ1) is 8.60. The first kappa shape index (κ1) is 14.2. The van der Waals surface area contributed by atoms with E-state index in [4.69, 9.17) is 9.47 Å². The highest BCUT2D eigenvalue weighted by Crippen LogP contribution is 2.23. The number of rotatable bonds is 6. The molecule has 98 valence electrons. The number of carbonyl (C=O) groups excluding carboxylic acids is 2. The maximum absolute atomic E-state index is 13.5. The molecule has 0 saturated heterocycles. The summed E-state index contributed by atoms with van der Waals surface area (Å²) in [6.45, 7) is 1.94. The van der Waals surface area contributed by atoms with Gasteiger partial charge in [0.05, 0.1) is 25.7 Å². The molecule has 1 aromatic carbocycles. The minimum Gasteiger partial charge on any atom is -0.496 e. The van der Waals surface area contributed by atoms with Crippen molar-refractivity contribution in [3.05, 3.63) is 29.6 Å². The predicted molar refractivity (Wildman–Crippen MR) is 63.1 cm³/mol. The molecule has 1 rings (SSSR count). The summed E-state index contributed by atoms with van der Waals surface area (Å²) in [6, 6.07) is 4.14. The number of hydrogen-bond donors (Lipinski definition) is 0. The van der Waals surface area contributed by atoms with Gasteiger partial charge in [0, 0.05) is 6.42 Å². The van der Waals surface area contributed by atoms with Crippen molar-refractivity contribution in [2.45, 2.75) is 19.8 Å². The van der Waals surface area contributed by atoms with Crippen LogP contribution in [-0.4, -0.2) is 25.5 Å². The van der Waals surface area contributed by atoms with Crippen molar-refractivity contribution < 1.29 is 23.5 Å². The molecule has 1 aromatic rings. The molecule has 0 atom stereocenters. The van der Waals surface area contributed by atoms with Gasteiger partial charge in [-0.05, 0) is 19.1 Å². The number of halogens is 1. The zero-order valence-corrected chi connectivity index (χ0v) is 10.4. The number of carbonyl (C=O) groups is 2. The van der Waals surface area contributed by atoms with Gasteiger partial charge >= 0.3 is 5.97 Å². The van der Waals surface area contributed by atoms with Crippen LogP contribution in [-0.2, 0) is 9.53 Å². The lowest BCUT2D eigenvalue weighted by molar-refractivity contribution is -0.143. The fourth-order valence-corrected chi connectivity index (χ4v) is 1.52. The minimum atomic E-state index is -0.650. The zero-order valence-electron chi connectivity index (χ0n) is 10.4. The third-order valence-corrected chi connectivity index (χ3v) is 2.34. The van der Waals surface area contributed by atoms with Gasteiger partial charge in [-0.3, -0.25) is 9.59 Å². The Balaban J connectivity index is 2.75. The first-order valence-electron chi connectivity index (χ1n) is 5.61. The molecule has 0 aliphatic heterocycles. The van der Waals surface area contributed by atoms with Gasteiger partial charge in [-0.1, -0.05) is 6.07 Å².